The van der Waals surface area contributed by atoms with Crippen LogP contribution < -0.4 is 21.7 Å². The zero-order chi connectivity index (χ0) is 38.0. The molecule has 15 heteroatoms. The van der Waals surface area contributed by atoms with Crippen molar-refractivity contribution in [2.45, 2.75) is 89.0 Å². The molecule has 0 aliphatic carbocycles. The Labute approximate surface area is 320 Å². The molecule has 5 N–H and O–H groups in total. The van der Waals surface area contributed by atoms with Crippen molar-refractivity contribution in [3.05, 3.63) is 70.8 Å². The summed E-state index contributed by atoms with van der Waals surface area (Å²) in [6.07, 6.45) is 3.63. The number of halogens is 1. The Kier molecular flexibility index (Phi) is 18.2. The van der Waals surface area contributed by atoms with E-state index >= 15 is 0 Å². The summed E-state index contributed by atoms with van der Waals surface area (Å²) < 4.78 is 5.32. The topological polar surface area (TPSA) is 194 Å². The highest BCUT2D eigenvalue weighted by atomic mass is 127. The molecule has 2 aromatic carbocycles. The highest BCUT2D eigenvalue weighted by Crippen LogP contribution is 2.30. The Morgan fingerprint density at radius 3 is 2.25 bits per heavy atom. The van der Waals surface area contributed by atoms with E-state index in [1.165, 1.54) is 13.8 Å². The predicted molar refractivity (Wildman–Crippen MR) is 206 cm³/mol. The molecule has 5 amide bonds. The highest BCUT2D eigenvalue weighted by molar-refractivity contribution is 14.2. The molecule has 0 saturated carbocycles. The van der Waals surface area contributed by atoms with Gasteiger partial charge in [-0.3, -0.25) is 33.7 Å². The van der Waals surface area contributed by atoms with Crippen LogP contribution in [-0.2, 0) is 39.9 Å². The largest absolute Gasteiger partial charge is 0.454 e. The number of unbranched alkanes of at least 4 members (excludes halogenated alkanes) is 3. The molecule has 1 saturated heterocycles. The normalized spacial score (nSPS) is 15.2. The fourth-order valence-electron chi connectivity index (χ4n) is 5.80. The smallest absolute Gasteiger partial charge is 0.339 e. The van der Waals surface area contributed by atoms with Crippen molar-refractivity contribution in [2.75, 3.05) is 26.2 Å². The number of rotatable bonds is 22. The van der Waals surface area contributed by atoms with E-state index in [-0.39, 0.29) is 48.7 Å². The van der Waals surface area contributed by atoms with Gasteiger partial charge in [0.2, 0.25) is 29.5 Å². The van der Waals surface area contributed by atoms with Crippen molar-refractivity contribution in [1.82, 2.24) is 20.9 Å². The Morgan fingerprint density at radius 2 is 1.60 bits per heavy atom. The van der Waals surface area contributed by atoms with Gasteiger partial charge in [-0.05, 0) is 90.4 Å². The minimum atomic E-state index is -0.975. The molecule has 1 heterocycles. The van der Waals surface area contributed by atoms with E-state index in [0.29, 0.717) is 50.8 Å². The Morgan fingerprint density at radius 1 is 0.904 bits per heavy atom. The second-order valence-electron chi connectivity index (χ2n) is 12.7. The fraction of sp³-hybridized carbons (Fsp3) is 0.486. The molecule has 3 atom stereocenters. The molecular weight excluding hydrogens is 801 g/mol. The van der Waals surface area contributed by atoms with E-state index < -0.39 is 48.8 Å². The third-order valence-corrected chi connectivity index (χ3v) is 11.1. The van der Waals surface area contributed by atoms with Gasteiger partial charge in [-0.25, -0.2) is 4.79 Å². The number of aryl methyl sites for hydroxylation is 2. The van der Waals surface area contributed by atoms with Crippen LogP contribution in [0, 0.1) is 13.8 Å². The number of nitrogens with one attached hydrogen (secondary N) is 3. The standard InChI is InChI=1S/C37H48IN5O8S/c1-24-12-11-13-25(2)34(24)37(50)51-23-29(44)27(16-8-9-18-39)41-32(46)22-40-35(48)28(20-26-14-5-3-6-15-26)42-31(45)17-7-4-10-19-43-33(47)21-30(52-38)36(43)49/h3,5-6,11-15,27-28,30H,4,7-10,16-23,39H2,1-2H3,(H,40,48)(H,41,46)(H,42,45). The first-order valence-electron chi connectivity index (χ1n) is 17.4. The molecule has 0 aromatic heterocycles. The third-order valence-electron chi connectivity index (χ3n) is 8.65. The number of Topliss-reactive ketones (excluding diaryl/α,β-unsaturated/α-hetero) is 1. The lowest BCUT2D eigenvalue weighted by Crippen LogP contribution is -2.51. The number of imide groups is 1. The molecule has 0 radical (unpaired) electrons. The lowest BCUT2D eigenvalue weighted by molar-refractivity contribution is -0.138. The van der Waals surface area contributed by atoms with E-state index in [9.17, 15) is 33.6 Å². The number of likely N-dealkylation sites (tertiary alicyclic amines) is 1. The quantitative estimate of drug-likeness (QED) is 0.0592. The second kappa shape index (κ2) is 22.3. The van der Waals surface area contributed by atoms with Crippen LogP contribution in [0.1, 0.15) is 78.4 Å². The lowest BCUT2D eigenvalue weighted by atomic mass is 10.0. The zero-order valence-electron chi connectivity index (χ0n) is 29.6. The lowest BCUT2D eigenvalue weighted by Gasteiger charge is -2.20. The van der Waals surface area contributed by atoms with Crippen molar-refractivity contribution in [1.29, 1.82) is 0 Å². The van der Waals surface area contributed by atoms with Crippen LogP contribution in [-0.4, -0.2) is 89.8 Å². The average molecular weight is 850 g/mol. The number of benzene rings is 2. The molecule has 2 aromatic rings. The zero-order valence-corrected chi connectivity index (χ0v) is 32.6. The summed E-state index contributed by atoms with van der Waals surface area (Å²) in [5.41, 5.74) is 8.25. The van der Waals surface area contributed by atoms with Crippen LogP contribution in [0.4, 0.5) is 0 Å². The maximum Gasteiger partial charge on any atom is 0.339 e. The van der Waals surface area contributed by atoms with Gasteiger partial charge >= 0.3 is 5.97 Å². The van der Waals surface area contributed by atoms with Crippen LogP contribution in [0.2, 0.25) is 0 Å². The van der Waals surface area contributed by atoms with Gasteiger partial charge < -0.3 is 26.4 Å². The molecule has 3 rings (SSSR count). The first kappa shape index (κ1) is 42.6. The van der Waals surface area contributed by atoms with E-state index in [4.69, 9.17) is 10.5 Å². The summed E-state index contributed by atoms with van der Waals surface area (Å²) in [5, 5.41) is 7.65. The summed E-state index contributed by atoms with van der Waals surface area (Å²) in [7, 11) is 1.34. The molecule has 3 unspecified atom stereocenters. The molecule has 0 spiro atoms. The number of carbonyl (C=O) groups excluding carboxylic acids is 7. The number of amides is 5. The summed E-state index contributed by atoms with van der Waals surface area (Å²) in [6, 6.07) is 12.6. The van der Waals surface area contributed by atoms with Gasteiger partial charge in [0.05, 0.1) is 18.2 Å². The second-order valence-corrected chi connectivity index (χ2v) is 15.0. The summed E-state index contributed by atoms with van der Waals surface area (Å²) >= 11 is 2.03. The van der Waals surface area contributed by atoms with Crippen molar-refractivity contribution >= 4 is 71.4 Å². The third kappa shape index (κ3) is 13.6. The molecule has 52 heavy (non-hydrogen) atoms. The van der Waals surface area contributed by atoms with Crippen molar-refractivity contribution < 1.29 is 38.3 Å². The van der Waals surface area contributed by atoms with E-state index in [1.54, 1.807) is 26.0 Å². The fourth-order valence-corrected chi connectivity index (χ4v) is 7.40. The Hall–Kier alpha value is -3.83. The van der Waals surface area contributed by atoms with Gasteiger partial charge in [-0.2, -0.15) is 0 Å². The molecular formula is C37H48IN5O8S. The SMILES string of the molecule is Cc1cccc(C)c1C(=O)OCC(=O)C(CCCCN)NC(=O)CNC(=O)C(Cc1ccccc1)NC(=O)CCCCCN1C(=O)CC(SI)C1=O. The van der Waals surface area contributed by atoms with Gasteiger partial charge in [0, 0.05) is 25.8 Å². The van der Waals surface area contributed by atoms with Gasteiger partial charge in [-0.15, -0.1) is 0 Å². The van der Waals surface area contributed by atoms with Crippen molar-refractivity contribution in [3.63, 3.8) is 0 Å². The molecule has 1 aliphatic heterocycles. The summed E-state index contributed by atoms with van der Waals surface area (Å²) in [4.78, 5) is 90.8. The van der Waals surface area contributed by atoms with Gasteiger partial charge in [0.15, 0.2) is 12.4 Å². The number of hydrogen-bond acceptors (Lipinski definition) is 10. The number of nitrogens with zero attached hydrogens (tertiary/aromatic N) is 1. The number of ketones is 1. The monoisotopic (exact) mass is 849 g/mol. The first-order chi connectivity index (χ1) is 24.9. The van der Waals surface area contributed by atoms with Crippen LogP contribution in [0.15, 0.2) is 48.5 Å². The maximum absolute atomic E-state index is 13.3. The first-order valence-corrected chi connectivity index (χ1v) is 20.8. The Balaban J connectivity index is 1.52. The van der Waals surface area contributed by atoms with Crippen LogP contribution in [0.25, 0.3) is 0 Å². The van der Waals surface area contributed by atoms with Crippen LogP contribution >= 0.6 is 30.1 Å². The molecule has 1 aliphatic rings. The van der Waals surface area contributed by atoms with Gasteiger partial charge in [0.25, 0.3) is 0 Å². The van der Waals surface area contributed by atoms with Crippen molar-refractivity contribution in [2.24, 2.45) is 5.73 Å². The van der Waals surface area contributed by atoms with Gasteiger partial charge in [0.1, 0.15) is 11.3 Å². The van der Waals surface area contributed by atoms with E-state index in [1.807, 2.05) is 57.6 Å². The number of nitrogens with two attached hydrogens (primary N) is 1. The average Bonchev–Trinajstić information content (AvgIpc) is 3.40. The Bertz CT molecular complexity index is 1560. The number of esters is 1. The van der Waals surface area contributed by atoms with Crippen LogP contribution in [0.3, 0.4) is 0 Å². The van der Waals surface area contributed by atoms with E-state index in [2.05, 4.69) is 16.0 Å². The molecule has 13 nitrogen and oxygen atoms in total. The molecule has 0 bridgehead atoms. The number of hydrogen-bond donors (Lipinski definition) is 4. The van der Waals surface area contributed by atoms with Gasteiger partial charge in [-0.1, -0.05) is 63.9 Å². The molecule has 1 fully saturated rings. The summed E-state index contributed by atoms with van der Waals surface area (Å²) in [6.45, 7) is 3.28. The molecule has 282 valence electrons. The van der Waals surface area contributed by atoms with E-state index in [0.717, 1.165) is 16.7 Å². The minimum Gasteiger partial charge on any atom is -0.454 e. The number of ether oxygens (including phenoxy) is 1. The van der Waals surface area contributed by atoms with Crippen LogP contribution in [0.5, 0.6) is 0 Å². The number of carbonyl (C=O) groups is 7. The highest BCUT2D eigenvalue weighted by Gasteiger charge is 2.38. The maximum atomic E-state index is 13.3. The summed E-state index contributed by atoms with van der Waals surface area (Å²) in [5.74, 6) is -3.02. The van der Waals surface area contributed by atoms with Crippen molar-refractivity contribution in [3.8, 4) is 0 Å². The predicted octanol–water partition coefficient (Wildman–Crippen LogP) is 3.26. The minimum absolute atomic E-state index is 0.133.